The lowest BCUT2D eigenvalue weighted by atomic mass is 9.93. The molecule has 1 aliphatic rings. The standard InChI is InChI=1S/C42H33N/c1-5-13-32(14-6-1)34-21-25-38(26-22-34)43(39-27-23-35(24-28-39)33-15-7-2-8-16-33)40-29-30-41(36-17-9-3-10-18-36)42(31-40)37-19-11-4-12-20-37/h1,3-7,9-31H,2,8H2. The maximum absolute atomic E-state index is 2.37. The number of anilines is 3. The molecule has 0 amide bonds. The molecule has 1 aliphatic carbocycles. The van der Waals surface area contributed by atoms with E-state index >= 15 is 0 Å². The average Bonchev–Trinajstić information content (AvgIpc) is 3.10. The summed E-state index contributed by atoms with van der Waals surface area (Å²) >= 11 is 0. The molecule has 0 atom stereocenters. The van der Waals surface area contributed by atoms with E-state index in [0.717, 1.165) is 29.9 Å². The van der Waals surface area contributed by atoms with E-state index in [1.54, 1.807) is 0 Å². The van der Waals surface area contributed by atoms with Crippen molar-refractivity contribution in [3.8, 4) is 33.4 Å². The van der Waals surface area contributed by atoms with Crippen LogP contribution in [0.5, 0.6) is 0 Å². The first-order valence-electron chi connectivity index (χ1n) is 15.0. The van der Waals surface area contributed by atoms with Gasteiger partial charge in [0.1, 0.15) is 0 Å². The monoisotopic (exact) mass is 551 g/mol. The SMILES string of the molecule is C1=CC(c2ccc(N(c3ccc(-c4ccccc4)cc3)c3ccc(-c4ccccc4)c(-c4ccccc4)c3)cc2)=CCC1. The number of rotatable bonds is 7. The molecule has 0 heterocycles. The number of benzene rings is 6. The van der Waals surface area contributed by atoms with Gasteiger partial charge in [-0.3, -0.25) is 0 Å². The van der Waals surface area contributed by atoms with E-state index in [-0.39, 0.29) is 0 Å². The molecule has 0 saturated carbocycles. The molecule has 0 aliphatic heterocycles. The van der Waals surface area contributed by atoms with Gasteiger partial charge in [0.15, 0.2) is 0 Å². The Balaban J connectivity index is 1.36. The van der Waals surface area contributed by atoms with Crippen LogP contribution in [0.1, 0.15) is 18.4 Å². The Kier molecular flexibility index (Phi) is 7.53. The van der Waals surface area contributed by atoms with Crippen LogP contribution in [0.15, 0.2) is 176 Å². The molecule has 1 heteroatoms. The van der Waals surface area contributed by atoms with E-state index in [1.165, 1.54) is 44.5 Å². The molecular formula is C42H33N. The highest BCUT2D eigenvalue weighted by Gasteiger charge is 2.17. The van der Waals surface area contributed by atoms with Crippen molar-refractivity contribution in [3.63, 3.8) is 0 Å². The van der Waals surface area contributed by atoms with Crippen LogP contribution >= 0.6 is 0 Å². The molecular weight excluding hydrogens is 518 g/mol. The fourth-order valence-corrected chi connectivity index (χ4v) is 5.91. The van der Waals surface area contributed by atoms with E-state index in [9.17, 15) is 0 Å². The lowest BCUT2D eigenvalue weighted by molar-refractivity contribution is 1.04. The third-order valence-electron chi connectivity index (χ3n) is 8.12. The summed E-state index contributed by atoms with van der Waals surface area (Å²) in [5, 5.41) is 0. The smallest absolute Gasteiger partial charge is 0.0468 e. The molecule has 6 aromatic carbocycles. The van der Waals surface area contributed by atoms with E-state index in [0.29, 0.717) is 0 Å². The number of hydrogen-bond donors (Lipinski definition) is 0. The highest BCUT2D eigenvalue weighted by Crippen LogP contribution is 2.41. The highest BCUT2D eigenvalue weighted by molar-refractivity contribution is 5.89. The normalized spacial score (nSPS) is 12.5. The summed E-state index contributed by atoms with van der Waals surface area (Å²) < 4.78 is 0. The van der Waals surface area contributed by atoms with Crippen molar-refractivity contribution in [3.05, 3.63) is 182 Å². The first kappa shape index (κ1) is 26.5. The molecule has 0 unspecified atom stereocenters. The van der Waals surface area contributed by atoms with Crippen LogP contribution in [0.2, 0.25) is 0 Å². The Morgan fingerprint density at radius 1 is 0.372 bits per heavy atom. The van der Waals surface area contributed by atoms with Crippen LogP contribution in [0, 0.1) is 0 Å². The first-order valence-corrected chi connectivity index (χ1v) is 15.0. The van der Waals surface area contributed by atoms with Crippen molar-refractivity contribution < 1.29 is 0 Å². The summed E-state index contributed by atoms with van der Waals surface area (Å²) in [6, 6.07) is 56.7. The molecule has 0 aromatic heterocycles. The van der Waals surface area contributed by atoms with Crippen molar-refractivity contribution in [2.75, 3.05) is 4.90 Å². The second-order valence-corrected chi connectivity index (χ2v) is 10.9. The summed E-state index contributed by atoms with van der Waals surface area (Å²) in [5.74, 6) is 0. The quantitative estimate of drug-likeness (QED) is 0.191. The summed E-state index contributed by atoms with van der Waals surface area (Å²) in [6.45, 7) is 0. The summed E-state index contributed by atoms with van der Waals surface area (Å²) in [5.41, 5.74) is 13.2. The fraction of sp³-hybridized carbons (Fsp3) is 0.0476. The molecule has 0 bridgehead atoms. The molecule has 0 N–H and O–H groups in total. The predicted octanol–water partition coefficient (Wildman–Crippen LogP) is 11.9. The summed E-state index contributed by atoms with van der Waals surface area (Å²) in [4.78, 5) is 2.37. The molecule has 0 fully saturated rings. The van der Waals surface area contributed by atoms with E-state index < -0.39 is 0 Å². The Morgan fingerprint density at radius 2 is 0.860 bits per heavy atom. The Labute approximate surface area is 254 Å². The minimum absolute atomic E-state index is 1.10. The molecule has 43 heavy (non-hydrogen) atoms. The minimum Gasteiger partial charge on any atom is -0.310 e. The van der Waals surface area contributed by atoms with Gasteiger partial charge in [-0.15, -0.1) is 0 Å². The van der Waals surface area contributed by atoms with E-state index in [2.05, 4.69) is 181 Å². The number of allylic oxidation sites excluding steroid dienone is 4. The zero-order valence-electron chi connectivity index (χ0n) is 24.1. The van der Waals surface area contributed by atoms with Crippen LogP contribution in [0.25, 0.3) is 39.0 Å². The average molecular weight is 552 g/mol. The molecule has 0 saturated heterocycles. The van der Waals surface area contributed by atoms with Gasteiger partial charge in [0, 0.05) is 17.1 Å². The fourth-order valence-electron chi connectivity index (χ4n) is 5.91. The largest absolute Gasteiger partial charge is 0.310 e. The third kappa shape index (κ3) is 5.71. The summed E-state index contributed by atoms with van der Waals surface area (Å²) in [6.07, 6.45) is 9.07. The Hall–Kier alpha value is -5.40. The van der Waals surface area contributed by atoms with Crippen molar-refractivity contribution in [2.24, 2.45) is 0 Å². The predicted molar refractivity (Wildman–Crippen MR) is 184 cm³/mol. The lowest BCUT2D eigenvalue weighted by Crippen LogP contribution is -2.10. The zero-order chi connectivity index (χ0) is 28.8. The van der Waals surface area contributed by atoms with Gasteiger partial charge in [-0.25, -0.2) is 0 Å². The van der Waals surface area contributed by atoms with Crippen LogP contribution in [0.3, 0.4) is 0 Å². The number of hydrogen-bond acceptors (Lipinski definition) is 1. The molecule has 0 spiro atoms. The van der Waals surface area contributed by atoms with Gasteiger partial charge < -0.3 is 4.90 Å². The molecule has 0 radical (unpaired) electrons. The lowest BCUT2D eigenvalue weighted by Gasteiger charge is -2.27. The second kappa shape index (κ2) is 12.2. The second-order valence-electron chi connectivity index (χ2n) is 10.9. The molecule has 1 nitrogen and oxygen atoms in total. The van der Waals surface area contributed by atoms with Gasteiger partial charge in [0.25, 0.3) is 0 Å². The van der Waals surface area contributed by atoms with Gasteiger partial charge in [0.05, 0.1) is 0 Å². The van der Waals surface area contributed by atoms with Crippen molar-refractivity contribution in [1.82, 2.24) is 0 Å². The third-order valence-corrected chi connectivity index (χ3v) is 8.12. The van der Waals surface area contributed by atoms with Gasteiger partial charge in [0.2, 0.25) is 0 Å². The van der Waals surface area contributed by atoms with Gasteiger partial charge in [-0.2, -0.15) is 0 Å². The van der Waals surface area contributed by atoms with Crippen LogP contribution in [-0.4, -0.2) is 0 Å². The highest BCUT2D eigenvalue weighted by atomic mass is 15.1. The van der Waals surface area contributed by atoms with Crippen LogP contribution < -0.4 is 4.90 Å². The maximum Gasteiger partial charge on any atom is 0.0468 e. The molecule has 6 aromatic rings. The van der Waals surface area contributed by atoms with Crippen molar-refractivity contribution in [1.29, 1.82) is 0 Å². The minimum atomic E-state index is 1.10. The maximum atomic E-state index is 2.37. The Bertz CT molecular complexity index is 1870. The van der Waals surface area contributed by atoms with Crippen molar-refractivity contribution >= 4 is 22.6 Å². The first-order chi connectivity index (χ1) is 21.3. The van der Waals surface area contributed by atoms with Crippen LogP contribution in [0.4, 0.5) is 17.1 Å². The van der Waals surface area contributed by atoms with Gasteiger partial charge >= 0.3 is 0 Å². The van der Waals surface area contributed by atoms with Gasteiger partial charge in [-0.1, -0.05) is 140 Å². The topological polar surface area (TPSA) is 3.24 Å². The summed E-state index contributed by atoms with van der Waals surface area (Å²) in [7, 11) is 0. The van der Waals surface area contributed by atoms with Crippen molar-refractivity contribution in [2.45, 2.75) is 12.8 Å². The number of nitrogens with zero attached hydrogens (tertiary/aromatic N) is 1. The van der Waals surface area contributed by atoms with E-state index in [1.807, 2.05) is 0 Å². The van der Waals surface area contributed by atoms with Gasteiger partial charge in [-0.05, 0) is 93.8 Å². The van der Waals surface area contributed by atoms with Crippen LogP contribution in [-0.2, 0) is 0 Å². The Morgan fingerprint density at radius 3 is 1.42 bits per heavy atom. The molecule has 206 valence electrons. The molecule has 7 rings (SSSR count). The van der Waals surface area contributed by atoms with E-state index in [4.69, 9.17) is 0 Å². The zero-order valence-corrected chi connectivity index (χ0v) is 24.1.